The van der Waals surface area contributed by atoms with E-state index in [9.17, 15) is 0 Å². The van der Waals surface area contributed by atoms with Crippen LogP contribution in [0.2, 0.25) is 0 Å². The molecule has 1 heterocycles. The van der Waals surface area contributed by atoms with Gasteiger partial charge in [-0.3, -0.25) is 0 Å². The third kappa shape index (κ3) is 4.95. The van der Waals surface area contributed by atoms with Crippen molar-refractivity contribution in [3.63, 3.8) is 0 Å². The van der Waals surface area contributed by atoms with Crippen molar-refractivity contribution in [2.75, 3.05) is 0 Å². The largest absolute Gasteiger partial charge is 0.212 e. The van der Waals surface area contributed by atoms with Crippen LogP contribution in [0, 0.1) is 0 Å². The Hall–Kier alpha value is -2.55. The van der Waals surface area contributed by atoms with Crippen LogP contribution in [0.4, 0.5) is 0 Å². The lowest BCUT2D eigenvalue weighted by atomic mass is 9.86. The fraction of sp³-hybridized carbons (Fsp3) is 0.444. The minimum atomic E-state index is -0.164. The first-order valence-electron chi connectivity index (χ1n) is 10.7. The van der Waals surface area contributed by atoms with E-state index < -0.39 is 0 Å². The summed E-state index contributed by atoms with van der Waals surface area (Å²) in [4.78, 5) is 14.5. The van der Waals surface area contributed by atoms with Crippen LogP contribution in [-0.4, -0.2) is 15.0 Å². The van der Waals surface area contributed by atoms with Gasteiger partial charge in [0.2, 0.25) is 0 Å². The molecular formula is C27H35N3. The summed E-state index contributed by atoms with van der Waals surface area (Å²) in [6, 6.07) is 17.2. The zero-order valence-corrected chi connectivity index (χ0v) is 20.0. The highest BCUT2D eigenvalue weighted by atomic mass is 15.0. The van der Waals surface area contributed by atoms with Gasteiger partial charge in [0.05, 0.1) is 0 Å². The molecule has 0 saturated heterocycles. The third-order valence-electron chi connectivity index (χ3n) is 5.32. The molecule has 3 aromatic rings. The van der Waals surface area contributed by atoms with Gasteiger partial charge in [-0.15, -0.1) is 0 Å². The SMILES string of the molecule is CC(C)(C)c1ccc(-c2nc(-c3ccc(C(C)(C)C)cc3)nc(C(C)(C)C)n2)cc1. The van der Waals surface area contributed by atoms with Crippen LogP contribution in [-0.2, 0) is 16.2 Å². The van der Waals surface area contributed by atoms with Crippen LogP contribution < -0.4 is 0 Å². The topological polar surface area (TPSA) is 38.7 Å². The summed E-state index contributed by atoms with van der Waals surface area (Å²) in [5.41, 5.74) is 4.71. The first-order valence-corrected chi connectivity index (χ1v) is 10.7. The van der Waals surface area contributed by atoms with Gasteiger partial charge in [-0.05, 0) is 22.0 Å². The predicted octanol–water partition coefficient (Wildman–Crippen LogP) is 7.10. The van der Waals surface area contributed by atoms with Gasteiger partial charge in [0, 0.05) is 16.5 Å². The van der Waals surface area contributed by atoms with E-state index in [0.717, 1.165) is 28.6 Å². The lowest BCUT2D eigenvalue weighted by Crippen LogP contribution is -2.18. The Balaban J connectivity index is 2.09. The number of nitrogens with zero attached hydrogens (tertiary/aromatic N) is 3. The van der Waals surface area contributed by atoms with E-state index in [1.165, 1.54) is 11.1 Å². The molecule has 3 heteroatoms. The van der Waals surface area contributed by atoms with Gasteiger partial charge in [-0.25, -0.2) is 15.0 Å². The molecule has 0 radical (unpaired) electrons. The smallest absolute Gasteiger partial charge is 0.163 e. The van der Waals surface area contributed by atoms with Gasteiger partial charge in [-0.2, -0.15) is 0 Å². The maximum atomic E-state index is 4.85. The molecule has 0 aliphatic rings. The van der Waals surface area contributed by atoms with E-state index in [-0.39, 0.29) is 16.2 Å². The Labute approximate surface area is 182 Å². The van der Waals surface area contributed by atoms with E-state index in [0.29, 0.717) is 0 Å². The summed E-state index contributed by atoms with van der Waals surface area (Å²) in [7, 11) is 0. The maximum Gasteiger partial charge on any atom is 0.163 e. The molecule has 0 atom stereocenters. The molecule has 1 aromatic heterocycles. The van der Waals surface area contributed by atoms with Crippen LogP contribution in [0.25, 0.3) is 22.8 Å². The van der Waals surface area contributed by atoms with E-state index in [2.05, 4.69) is 111 Å². The van der Waals surface area contributed by atoms with Crippen molar-refractivity contribution in [3.05, 3.63) is 65.5 Å². The van der Waals surface area contributed by atoms with Crippen LogP contribution in [0.15, 0.2) is 48.5 Å². The molecule has 0 amide bonds. The number of hydrogen-bond donors (Lipinski definition) is 0. The van der Waals surface area contributed by atoms with Gasteiger partial charge in [0.25, 0.3) is 0 Å². The highest BCUT2D eigenvalue weighted by molar-refractivity contribution is 5.62. The van der Waals surface area contributed by atoms with E-state index in [1.807, 2.05) is 0 Å². The van der Waals surface area contributed by atoms with Crippen LogP contribution in [0.3, 0.4) is 0 Å². The molecule has 0 aliphatic heterocycles. The molecule has 0 fully saturated rings. The number of benzene rings is 2. The van der Waals surface area contributed by atoms with Crippen molar-refractivity contribution in [1.29, 1.82) is 0 Å². The van der Waals surface area contributed by atoms with Gasteiger partial charge >= 0.3 is 0 Å². The zero-order chi connectivity index (χ0) is 22.3. The van der Waals surface area contributed by atoms with Gasteiger partial charge in [0.1, 0.15) is 5.82 Å². The summed E-state index contributed by atoms with van der Waals surface area (Å²) >= 11 is 0. The molecule has 0 N–H and O–H groups in total. The van der Waals surface area contributed by atoms with Crippen molar-refractivity contribution in [1.82, 2.24) is 15.0 Å². The molecule has 2 aromatic carbocycles. The molecule has 0 unspecified atom stereocenters. The average molecular weight is 402 g/mol. The summed E-state index contributed by atoms with van der Waals surface area (Å²) < 4.78 is 0. The number of hydrogen-bond acceptors (Lipinski definition) is 3. The lowest BCUT2D eigenvalue weighted by Gasteiger charge is -2.21. The second-order valence-electron chi connectivity index (χ2n) is 11.2. The molecule has 0 aliphatic carbocycles. The van der Waals surface area contributed by atoms with Crippen LogP contribution >= 0.6 is 0 Å². The van der Waals surface area contributed by atoms with Crippen molar-refractivity contribution in [2.45, 2.75) is 78.6 Å². The second-order valence-corrected chi connectivity index (χ2v) is 11.2. The fourth-order valence-corrected chi connectivity index (χ4v) is 3.21. The summed E-state index contributed by atoms with van der Waals surface area (Å²) in [6.45, 7) is 19.8. The molecule has 0 bridgehead atoms. The highest BCUT2D eigenvalue weighted by Crippen LogP contribution is 2.29. The van der Waals surface area contributed by atoms with Crippen molar-refractivity contribution in [2.24, 2.45) is 0 Å². The first-order chi connectivity index (χ1) is 13.7. The molecule has 30 heavy (non-hydrogen) atoms. The fourth-order valence-electron chi connectivity index (χ4n) is 3.21. The Morgan fingerprint density at radius 2 is 0.767 bits per heavy atom. The molecular weight excluding hydrogens is 366 g/mol. The lowest BCUT2D eigenvalue weighted by molar-refractivity contribution is 0.543. The Morgan fingerprint density at radius 3 is 1.03 bits per heavy atom. The van der Waals surface area contributed by atoms with E-state index >= 15 is 0 Å². The molecule has 158 valence electrons. The second kappa shape index (κ2) is 7.61. The zero-order valence-electron chi connectivity index (χ0n) is 20.0. The molecule has 3 rings (SSSR count). The van der Waals surface area contributed by atoms with Gasteiger partial charge in [-0.1, -0.05) is 111 Å². The molecule has 0 saturated carbocycles. The quantitative estimate of drug-likeness (QED) is 0.460. The third-order valence-corrected chi connectivity index (χ3v) is 5.32. The van der Waals surface area contributed by atoms with Crippen molar-refractivity contribution >= 4 is 0 Å². The van der Waals surface area contributed by atoms with Crippen LogP contribution in [0.1, 0.15) is 79.3 Å². The first kappa shape index (κ1) is 22.1. The number of rotatable bonds is 2. The van der Waals surface area contributed by atoms with E-state index in [1.54, 1.807) is 0 Å². The van der Waals surface area contributed by atoms with Gasteiger partial charge < -0.3 is 0 Å². The predicted molar refractivity (Wildman–Crippen MR) is 127 cm³/mol. The number of aromatic nitrogens is 3. The van der Waals surface area contributed by atoms with Crippen LogP contribution in [0.5, 0.6) is 0 Å². The molecule has 3 nitrogen and oxygen atoms in total. The highest BCUT2D eigenvalue weighted by Gasteiger charge is 2.22. The minimum Gasteiger partial charge on any atom is -0.212 e. The van der Waals surface area contributed by atoms with Crippen molar-refractivity contribution in [3.8, 4) is 22.8 Å². The average Bonchev–Trinajstić information content (AvgIpc) is 2.66. The normalized spacial score (nSPS) is 12.8. The molecule has 0 spiro atoms. The standard InChI is InChI=1S/C27H35N3/c1-25(2,3)20-14-10-18(11-15-20)22-28-23(30-24(29-22)27(7,8)9)19-12-16-21(17-13-19)26(4,5)6/h10-17H,1-9H3. The summed E-state index contributed by atoms with van der Waals surface area (Å²) in [5, 5.41) is 0. The summed E-state index contributed by atoms with van der Waals surface area (Å²) in [6.07, 6.45) is 0. The van der Waals surface area contributed by atoms with Crippen molar-refractivity contribution < 1.29 is 0 Å². The Kier molecular flexibility index (Phi) is 5.62. The Morgan fingerprint density at radius 1 is 0.433 bits per heavy atom. The summed E-state index contributed by atoms with van der Waals surface area (Å²) in [5.74, 6) is 2.26. The monoisotopic (exact) mass is 401 g/mol. The van der Waals surface area contributed by atoms with Gasteiger partial charge in [0.15, 0.2) is 11.6 Å². The minimum absolute atomic E-state index is 0.119. The maximum absolute atomic E-state index is 4.85. The van der Waals surface area contributed by atoms with E-state index in [4.69, 9.17) is 15.0 Å². The Bertz CT molecular complexity index is 934.